The summed E-state index contributed by atoms with van der Waals surface area (Å²) in [6, 6.07) is 15.1. The lowest BCUT2D eigenvalue weighted by Gasteiger charge is -2.19. The molecule has 1 N–H and O–H groups in total. The Bertz CT molecular complexity index is 788. The molecule has 0 aliphatic carbocycles. The minimum atomic E-state index is -0.564. The predicted molar refractivity (Wildman–Crippen MR) is 108 cm³/mol. The van der Waals surface area contributed by atoms with E-state index in [9.17, 15) is 9.59 Å². The first-order chi connectivity index (χ1) is 12.2. The highest BCUT2D eigenvalue weighted by atomic mass is 79.9. The molecule has 4 nitrogen and oxygen atoms in total. The molecule has 2 rings (SSSR count). The number of halogens is 1. The van der Waals surface area contributed by atoms with Gasteiger partial charge in [-0.25, -0.2) is 4.79 Å². The molecule has 0 saturated heterocycles. The Hall–Kier alpha value is -2.40. The lowest BCUT2D eigenvalue weighted by atomic mass is 9.87. The van der Waals surface area contributed by atoms with Crippen LogP contribution in [0.1, 0.15) is 31.9 Å². The molecule has 0 aliphatic rings. The summed E-state index contributed by atoms with van der Waals surface area (Å²) < 4.78 is 5.91. The highest BCUT2D eigenvalue weighted by Gasteiger charge is 2.13. The maximum Gasteiger partial charge on any atom is 0.331 e. The van der Waals surface area contributed by atoms with Gasteiger partial charge in [-0.15, -0.1) is 0 Å². The summed E-state index contributed by atoms with van der Waals surface area (Å²) in [7, 11) is 0. The van der Waals surface area contributed by atoms with Crippen molar-refractivity contribution >= 4 is 39.6 Å². The fraction of sp³-hybridized carbons (Fsp3) is 0.238. The van der Waals surface area contributed by atoms with Gasteiger partial charge in [-0.1, -0.05) is 61.0 Å². The van der Waals surface area contributed by atoms with Crippen molar-refractivity contribution in [2.75, 3.05) is 11.9 Å². The zero-order valence-electron chi connectivity index (χ0n) is 15.1. The van der Waals surface area contributed by atoms with E-state index in [4.69, 9.17) is 4.74 Å². The van der Waals surface area contributed by atoms with Crippen molar-refractivity contribution in [3.05, 3.63) is 70.2 Å². The van der Waals surface area contributed by atoms with Gasteiger partial charge in [-0.2, -0.15) is 0 Å². The first-order valence-electron chi connectivity index (χ1n) is 8.25. The molecule has 26 heavy (non-hydrogen) atoms. The Morgan fingerprint density at radius 2 is 1.65 bits per heavy atom. The van der Waals surface area contributed by atoms with E-state index in [1.807, 2.05) is 48.5 Å². The SMILES string of the molecule is CC(C)(C)c1ccc(NC(=O)COC(=O)/C=C/c2ccc(Br)cc2)cc1. The van der Waals surface area contributed by atoms with Crippen molar-refractivity contribution in [3.63, 3.8) is 0 Å². The van der Waals surface area contributed by atoms with Crippen LogP contribution >= 0.6 is 15.9 Å². The molecule has 0 saturated carbocycles. The molecule has 0 heterocycles. The van der Waals surface area contributed by atoms with Gasteiger partial charge in [-0.05, 0) is 46.9 Å². The minimum absolute atomic E-state index is 0.0548. The van der Waals surface area contributed by atoms with E-state index in [2.05, 4.69) is 42.0 Å². The fourth-order valence-electron chi connectivity index (χ4n) is 2.17. The molecule has 2 aromatic rings. The normalized spacial score (nSPS) is 11.4. The molecule has 0 atom stereocenters. The van der Waals surface area contributed by atoms with Gasteiger partial charge in [0.2, 0.25) is 0 Å². The molecular weight excluding hydrogens is 394 g/mol. The van der Waals surface area contributed by atoms with Crippen LogP contribution in [0.5, 0.6) is 0 Å². The molecule has 0 radical (unpaired) electrons. The summed E-state index contributed by atoms with van der Waals surface area (Å²) >= 11 is 3.35. The van der Waals surface area contributed by atoms with Crippen LogP contribution in [0.3, 0.4) is 0 Å². The second-order valence-electron chi connectivity index (χ2n) is 6.87. The molecule has 0 fully saturated rings. The summed E-state index contributed by atoms with van der Waals surface area (Å²) in [4.78, 5) is 23.6. The largest absolute Gasteiger partial charge is 0.452 e. The number of ether oxygens (including phenoxy) is 1. The summed E-state index contributed by atoms with van der Waals surface area (Å²) in [6.07, 6.45) is 2.94. The summed E-state index contributed by atoms with van der Waals surface area (Å²) in [5.41, 5.74) is 2.78. The van der Waals surface area contributed by atoms with E-state index in [1.165, 1.54) is 11.6 Å². The number of rotatable bonds is 5. The zero-order chi connectivity index (χ0) is 19.2. The molecule has 2 aromatic carbocycles. The number of nitrogens with one attached hydrogen (secondary N) is 1. The molecule has 0 aliphatic heterocycles. The van der Waals surface area contributed by atoms with Crippen LogP contribution in [-0.2, 0) is 19.7 Å². The van der Waals surface area contributed by atoms with Crippen molar-refractivity contribution in [3.8, 4) is 0 Å². The lowest BCUT2D eigenvalue weighted by Crippen LogP contribution is -2.20. The molecule has 0 aromatic heterocycles. The van der Waals surface area contributed by atoms with E-state index < -0.39 is 5.97 Å². The van der Waals surface area contributed by atoms with E-state index in [0.717, 1.165) is 10.0 Å². The second kappa shape index (κ2) is 8.81. The molecule has 0 bridgehead atoms. The molecule has 5 heteroatoms. The van der Waals surface area contributed by atoms with Gasteiger partial charge in [0, 0.05) is 16.2 Å². The maximum atomic E-state index is 11.9. The Kier molecular flexibility index (Phi) is 6.75. The van der Waals surface area contributed by atoms with Crippen LogP contribution in [0.4, 0.5) is 5.69 Å². The summed E-state index contributed by atoms with van der Waals surface area (Å²) in [6.45, 7) is 6.05. The van der Waals surface area contributed by atoms with Gasteiger partial charge in [0.1, 0.15) is 0 Å². The number of hydrogen-bond acceptors (Lipinski definition) is 3. The van der Waals surface area contributed by atoms with Crippen LogP contribution in [0, 0.1) is 0 Å². The van der Waals surface area contributed by atoms with E-state index in [0.29, 0.717) is 5.69 Å². The van der Waals surface area contributed by atoms with Crippen LogP contribution in [0.15, 0.2) is 59.1 Å². The smallest absolute Gasteiger partial charge is 0.331 e. The summed E-state index contributed by atoms with van der Waals surface area (Å²) in [5, 5.41) is 2.71. The number of anilines is 1. The Morgan fingerprint density at radius 1 is 1.04 bits per heavy atom. The van der Waals surface area contributed by atoms with Crippen LogP contribution in [-0.4, -0.2) is 18.5 Å². The van der Waals surface area contributed by atoms with Gasteiger partial charge in [0.05, 0.1) is 0 Å². The third-order valence-corrected chi connectivity index (χ3v) is 4.19. The molecule has 0 spiro atoms. The third-order valence-electron chi connectivity index (χ3n) is 3.66. The average molecular weight is 416 g/mol. The van der Waals surface area contributed by atoms with Crippen molar-refractivity contribution in [1.29, 1.82) is 0 Å². The predicted octanol–water partition coefficient (Wildman–Crippen LogP) is 4.94. The lowest BCUT2D eigenvalue weighted by molar-refractivity contribution is -0.142. The van der Waals surface area contributed by atoms with Gasteiger partial charge in [0.15, 0.2) is 6.61 Å². The highest BCUT2D eigenvalue weighted by molar-refractivity contribution is 9.10. The van der Waals surface area contributed by atoms with E-state index >= 15 is 0 Å². The quantitative estimate of drug-likeness (QED) is 0.555. The molecule has 1 amide bonds. The molecule has 136 valence electrons. The Balaban J connectivity index is 1.80. The molecule has 0 unspecified atom stereocenters. The van der Waals surface area contributed by atoms with Crippen molar-refractivity contribution < 1.29 is 14.3 Å². The van der Waals surface area contributed by atoms with E-state index in [-0.39, 0.29) is 17.9 Å². The zero-order valence-corrected chi connectivity index (χ0v) is 16.7. The second-order valence-corrected chi connectivity index (χ2v) is 7.78. The van der Waals surface area contributed by atoms with Crippen LogP contribution < -0.4 is 5.32 Å². The topological polar surface area (TPSA) is 55.4 Å². The van der Waals surface area contributed by atoms with E-state index in [1.54, 1.807) is 6.08 Å². The van der Waals surface area contributed by atoms with Crippen molar-refractivity contribution in [2.24, 2.45) is 0 Å². The van der Waals surface area contributed by atoms with Crippen molar-refractivity contribution in [2.45, 2.75) is 26.2 Å². The highest BCUT2D eigenvalue weighted by Crippen LogP contribution is 2.23. The maximum absolute atomic E-state index is 11.9. The Labute approximate surface area is 162 Å². The fourth-order valence-corrected chi connectivity index (χ4v) is 2.44. The number of benzene rings is 2. The van der Waals surface area contributed by atoms with Gasteiger partial charge in [0.25, 0.3) is 5.91 Å². The number of esters is 1. The third kappa shape index (κ3) is 6.48. The van der Waals surface area contributed by atoms with Crippen LogP contribution in [0.2, 0.25) is 0 Å². The van der Waals surface area contributed by atoms with Gasteiger partial charge >= 0.3 is 5.97 Å². The first-order valence-corrected chi connectivity index (χ1v) is 9.04. The number of hydrogen-bond donors (Lipinski definition) is 1. The standard InChI is InChI=1S/C21H22BrNO3/c1-21(2,3)16-7-11-18(12-8-16)23-19(24)14-26-20(25)13-6-15-4-9-17(22)10-5-15/h4-13H,14H2,1-3H3,(H,23,24)/b13-6+. The monoisotopic (exact) mass is 415 g/mol. The summed E-state index contributed by atoms with van der Waals surface area (Å²) in [5.74, 6) is -0.940. The van der Waals surface area contributed by atoms with Crippen LogP contribution in [0.25, 0.3) is 6.08 Å². The Morgan fingerprint density at radius 3 is 2.23 bits per heavy atom. The minimum Gasteiger partial charge on any atom is -0.452 e. The van der Waals surface area contributed by atoms with Gasteiger partial charge < -0.3 is 10.1 Å². The molecular formula is C21H22BrNO3. The number of amides is 1. The van der Waals surface area contributed by atoms with Crippen molar-refractivity contribution in [1.82, 2.24) is 0 Å². The average Bonchev–Trinajstić information content (AvgIpc) is 2.59. The van der Waals surface area contributed by atoms with Gasteiger partial charge in [-0.3, -0.25) is 4.79 Å². The first kappa shape index (κ1) is 19.9. The number of carbonyl (C=O) groups excluding carboxylic acids is 2. The number of carbonyl (C=O) groups is 2.